The zero-order valence-corrected chi connectivity index (χ0v) is 16.6. The summed E-state index contributed by atoms with van der Waals surface area (Å²) in [5, 5.41) is 11.3. The number of alkyl halides is 3. The second kappa shape index (κ2) is 8.96. The molecule has 0 fully saturated rings. The number of hydrogen-bond donors (Lipinski definition) is 2. The Bertz CT molecular complexity index is 890. The van der Waals surface area contributed by atoms with Crippen LogP contribution in [0, 0.1) is 0 Å². The van der Waals surface area contributed by atoms with Gasteiger partial charge in [-0.25, -0.2) is 4.79 Å². The number of ether oxygens (including phenoxy) is 1. The molecule has 29 heavy (non-hydrogen) atoms. The number of halogens is 3. The Labute approximate surface area is 170 Å². The number of nitrogens with one attached hydrogen (secondary N) is 1. The Hall–Kier alpha value is -2.39. The molecule has 0 saturated heterocycles. The minimum Gasteiger partial charge on any atom is -0.493 e. The first-order chi connectivity index (χ1) is 13.8. The van der Waals surface area contributed by atoms with Gasteiger partial charge in [-0.2, -0.15) is 13.2 Å². The summed E-state index contributed by atoms with van der Waals surface area (Å²) in [6, 6.07) is 9.16. The first-order valence-electron chi connectivity index (χ1n) is 9.04. The molecule has 0 radical (unpaired) electrons. The van der Waals surface area contributed by atoms with E-state index in [0.29, 0.717) is 25.1 Å². The number of rotatable bonds is 6. The van der Waals surface area contributed by atoms with Gasteiger partial charge in [0.2, 0.25) is 0 Å². The molecule has 2 aromatic carbocycles. The van der Waals surface area contributed by atoms with Gasteiger partial charge in [0, 0.05) is 36.2 Å². The molecule has 0 unspecified atom stereocenters. The molecule has 0 aromatic heterocycles. The minimum absolute atomic E-state index is 0.0453. The summed E-state index contributed by atoms with van der Waals surface area (Å²) in [4.78, 5) is 14.2. The van der Waals surface area contributed by atoms with E-state index < -0.39 is 17.8 Å². The summed E-state index contributed by atoms with van der Waals surface area (Å²) < 4.78 is 46.7. The molecule has 0 spiro atoms. The number of aliphatic hydroxyl groups excluding tert-OH is 1. The Morgan fingerprint density at radius 1 is 1.31 bits per heavy atom. The van der Waals surface area contributed by atoms with Crippen LogP contribution in [0.15, 0.2) is 41.3 Å². The van der Waals surface area contributed by atoms with Crippen molar-refractivity contribution in [2.75, 3.05) is 36.2 Å². The molecule has 0 aliphatic carbocycles. The lowest BCUT2D eigenvalue weighted by Gasteiger charge is -2.22. The molecule has 156 valence electrons. The molecule has 2 N–H and O–H groups in total. The van der Waals surface area contributed by atoms with E-state index in [2.05, 4.69) is 5.32 Å². The topological polar surface area (TPSA) is 61.8 Å². The van der Waals surface area contributed by atoms with Gasteiger partial charge in [0.05, 0.1) is 17.9 Å². The van der Waals surface area contributed by atoms with Crippen LogP contribution in [-0.2, 0) is 12.6 Å². The quantitative estimate of drug-likeness (QED) is 0.515. The lowest BCUT2D eigenvalue weighted by Crippen LogP contribution is -2.34. The fourth-order valence-electron chi connectivity index (χ4n) is 3.21. The highest BCUT2D eigenvalue weighted by Crippen LogP contribution is 2.43. The minimum atomic E-state index is -4.65. The monoisotopic (exact) mass is 426 g/mol. The molecule has 2 amide bonds. The van der Waals surface area contributed by atoms with Crippen LogP contribution in [0.25, 0.3) is 0 Å². The molecule has 1 aliphatic rings. The van der Waals surface area contributed by atoms with Crippen LogP contribution >= 0.6 is 11.8 Å². The fraction of sp³-hybridized carbons (Fsp3) is 0.350. The third kappa shape index (κ3) is 4.79. The highest BCUT2D eigenvalue weighted by atomic mass is 32.2. The van der Waals surface area contributed by atoms with Gasteiger partial charge in [-0.15, -0.1) is 11.8 Å². The Kier molecular flexibility index (Phi) is 6.59. The average Bonchev–Trinajstić information content (AvgIpc) is 3.11. The number of fused-ring (bicyclic) bond motifs is 1. The zero-order valence-electron chi connectivity index (χ0n) is 15.8. The first kappa shape index (κ1) is 21.3. The first-order valence-corrected chi connectivity index (χ1v) is 10.3. The van der Waals surface area contributed by atoms with Crippen molar-refractivity contribution in [2.24, 2.45) is 0 Å². The Morgan fingerprint density at radius 3 is 2.76 bits per heavy atom. The number of benzene rings is 2. The number of amides is 2. The lowest BCUT2D eigenvalue weighted by atomic mass is 10.1. The van der Waals surface area contributed by atoms with E-state index >= 15 is 0 Å². The van der Waals surface area contributed by atoms with Gasteiger partial charge >= 0.3 is 12.2 Å². The molecule has 0 atom stereocenters. The van der Waals surface area contributed by atoms with Crippen LogP contribution in [0.1, 0.15) is 17.5 Å². The summed E-state index contributed by atoms with van der Waals surface area (Å²) in [7, 11) is 0. The molecule has 1 heterocycles. The lowest BCUT2D eigenvalue weighted by molar-refractivity contribution is -0.139. The maximum absolute atomic E-state index is 13.7. The van der Waals surface area contributed by atoms with E-state index in [1.54, 1.807) is 12.1 Å². The smallest absolute Gasteiger partial charge is 0.419 e. The van der Waals surface area contributed by atoms with Gasteiger partial charge < -0.3 is 15.2 Å². The van der Waals surface area contributed by atoms with E-state index in [9.17, 15) is 18.0 Å². The number of hydrogen-bond acceptors (Lipinski definition) is 4. The van der Waals surface area contributed by atoms with Crippen LogP contribution < -0.4 is 15.0 Å². The molecule has 0 bridgehead atoms. The number of para-hydroxylation sites is 1. The van der Waals surface area contributed by atoms with E-state index in [1.165, 1.54) is 23.3 Å². The third-order valence-electron chi connectivity index (χ3n) is 4.52. The van der Waals surface area contributed by atoms with Gasteiger partial charge in [0.1, 0.15) is 5.75 Å². The molecule has 5 nitrogen and oxygen atoms in total. The van der Waals surface area contributed by atoms with Crippen molar-refractivity contribution in [1.82, 2.24) is 0 Å². The van der Waals surface area contributed by atoms with Crippen molar-refractivity contribution in [3.05, 3.63) is 47.5 Å². The van der Waals surface area contributed by atoms with Crippen molar-refractivity contribution in [3.63, 3.8) is 0 Å². The summed E-state index contributed by atoms with van der Waals surface area (Å²) >= 11 is 0.923. The zero-order chi connectivity index (χ0) is 21.0. The van der Waals surface area contributed by atoms with Crippen molar-refractivity contribution in [2.45, 2.75) is 23.9 Å². The van der Waals surface area contributed by atoms with Crippen LogP contribution in [0.4, 0.5) is 29.3 Å². The number of carbonyl (C=O) groups is 1. The molecular formula is C20H21F3N2O3S. The number of urea groups is 1. The summed E-state index contributed by atoms with van der Waals surface area (Å²) in [5.41, 5.74) is 0.418. The number of thioether (sulfide) groups is 1. The molecule has 1 aliphatic heterocycles. The van der Waals surface area contributed by atoms with Gasteiger partial charge in [0.15, 0.2) is 0 Å². The maximum Gasteiger partial charge on any atom is 0.419 e. The van der Waals surface area contributed by atoms with Crippen LogP contribution in [-0.4, -0.2) is 37.2 Å². The van der Waals surface area contributed by atoms with Gasteiger partial charge in [-0.05, 0) is 30.4 Å². The highest BCUT2D eigenvalue weighted by molar-refractivity contribution is 7.98. The molecule has 0 saturated carbocycles. The number of anilines is 2. The van der Waals surface area contributed by atoms with Crippen molar-refractivity contribution in [1.29, 1.82) is 0 Å². The van der Waals surface area contributed by atoms with Gasteiger partial charge in [0.25, 0.3) is 0 Å². The molecule has 2 aromatic rings. The predicted molar refractivity (Wildman–Crippen MR) is 107 cm³/mol. The second-order valence-corrected chi connectivity index (χ2v) is 7.28. The molecular weight excluding hydrogens is 405 g/mol. The number of carbonyl (C=O) groups excluding carboxylic acids is 1. The van der Waals surface area contributed by atoms with E-state index in [1.807, 2.05) is 12.1 Å². The SMILES string of the molecule is CSc1cc(OCCCO)cc(NC(=O)N2CCc3ccccc32)c1C(F)(F)F. The number of aliphatic hydroxyl groups is 1. The van der Waals surface area contributed by atoms with Crippen LogP contribution in [0.3, 0.4) is 0 Å². The van der Waals surface area contributed by atoms with Gasteiger partial charge in [-0.1, -0.05) is 18.2 Å². The van der Waals surface area contributed by atoms with E-state index in [4.69, 9.17) is 9.84 Å². The van der Waals surface area contributed by atoms with Crippen LogP contribution in [0.2, 0.25) is 0 Å². The molecule has 9 heteroatoms. The second-order valence-electron chi connectivity index (χ2n) is 6.43. The largest absolute Gasteiger partial charge is 0.493 e. The van der Waals surface area contributed by atoms with E-state index in [-0.39, 0.29) is 29.5 Å². The third-order valence-corrected chi connectivity index (χ3v) is 5.29. The summed E-state index contributed by atoms with van der Waals surface area (Å²) in [6.07, 6.45) is -2.12. The van der Waals surface area contributed by atoms with Crippen molar-refractivity contribution < 1.29 is 27.8 Å². The van der Waals surface area contributed by atoms with Crippen molar-refractivity contribution in [3.8, 4) is 5.75 Å². The van der Waals surface area contributed by atoms with Gasteiger partial charge in [-0.3, -0.25) is 4.90 Å². The fourth-order valence-corrected chi connectivity index (χ4v) is 3.88. The Morgan fingerprint density at radius 2 is 2.07 bits per heavy atom. The normalized spacial score (nSPS) is 13.3. The summed E-state index contributed by atoms with van der Waals surface area (Å²) in [5.74, 6) is 0.202. The standard InChI is InChI=1S/C20H21F3N2O3S/c1-29-17-12-14(28-10-4-9-26)11-15(18(17)20(21,22)23)24-19(27)25-8-7-13-5-2-3-6-16(13)25/h2-3,5-6,11-12,26H,4,7-10H2,1H3,(H,24,27). The van der Waals surface area contributed by atoms with E-state index in [0.717, 1.165) is 17.3 Å². The number of nitrogens with zero attached hydrogens (tertiary/aromatic N) is 1. The van der Waals surface area contributed by atoms with Crippen molar-refractivity contribution >= 4 is 29.2 Å². The Balaban J connectivity index is 1.93. The highest BCUT2D eigenvalue weighted by Gasteiger charge is 2.38. The van der Waals surface area contributed by atoms with Crippen LogP contribution in [0.5, 0.6) is 5.75 Å². The molecule has 3 rings (SSSR count). The summed E-state index contributed by atoms with van der Waals surface area (Å²) in [6.45, 7) is 0.463. The predicted octanol–water partition coefficient (Wildman–Crippen LogP) is 4.78. The average molecular weight is 426 g/mol. The maximum atomic E-state index is 13.7.